The van der Waals surface area contributed by atoms with Crippen LogP contribution in [0.5, 0.6) is 0 Å². The summed E-state index contributed by atoms with van der Waals surface area (Å²) in [6, 6.07) is 18.4. The van der Waals surface area contributed by atoms with Crippen molar-refractivity contribution in [3.63, 3.8) is 0 Å². The van der Waals surface area contributed by atoms with Gasteiger partial charge in [0.1, 0.15) is 0 Å². The number of nitrogens with one attached hydrogen (secondary N) is 1. The minimum Gasteiger partial charge on any atom is -0.352 e. The number of piperazine rings is 1. The van der Waals surface area contributed by atoms with E-state index in [1.807, 2.05) is 37.3 Å². The Bertz CT molecular complexity index is 996. The highest BCUT2D eigenvalue weighted by Crippen LogP contribution is 2.24. The fourth-order valence-electron chi connectivity index (χ4n) is 4.32. The number of benzene rings is 2. The predicted octanol–water partition coefficient (Wildman–Crippen LogP) is 3.80. The van der Waals surface area contributed by atoms with Gasteiger partial charge in [-0.05, 0) is 18.9 Å². The molecule has 1 saturated heterocycles. The molecule has 0 radical (unpaired) electrons. The lowest BCUT2D eigenvalue weighted by molar-refractivity contribution is -0.126. The molecule has 0 spiro atoms. The van der Waals surface area contributed by atoms with E-state index in [4.69, 9.17) is 0 Å². The van der Waals surface area contributed by atoms with E-state index in [0.717, 1.165) is 55.6 Å². The van der Waals surface area contributed by atoms with Crippen LogP contribution in [0.25, 0.3) is 10.8 Å². The van der Waals surface area contributed by atoms with Gasteiger partial charge in [-0.15, -0.1) is 5.10 Å². The van der Waals surface area contributed by atoms with Gasteiger partial charge in [0, 0.05) is 37.0 Å². The zero-order valence-corrected chi connectivity index (χ0v) is 18.4. The molecule has 31 heavy (non-hydrogen) atoms. The second kappa shape index (κ2) is 9.88. The van der Waals surface area contributed by atoms with Crippen LogP contribution in [0, 0.1) is 0 Å². The molecule has 1 aliphatic heterocycles. The number of amides is 1. The lowest BCUT2D eigenvalue weighted by Crippen LogP contribution is -2.54. The maximum absolute atomic E-state index is 13.0. The van der Waals surface area contributed by atoms with Crippen LogP contribution in [0.1, 0.15) is 38.3 Å². The fourth-order valence-corrected chi connectivity index (χ4v) is 4.32. The number of carbonyl (C=O) groups excluding carboxylic acids is 1. The maximum atomic E-state index is 13.0. The standard InChI is InChI=1S/C25H31N5O/c1-3-9-23(20-10-5-4-6-11-20)27-25(31)19(2)29-14-16-30(17-15-29)24-22-13-8-7-12-21(22)18-26-28-24/h4-8,10-13,18-19,23H,3,9,14-17H2,1-2H3,(H,27,31)/t19-,23-/m0/s1. The SMILES string of the molecule is CCC[C@H](NC(=O)[C@H](C)N1CCN(c2nncc3ccccc23)CC1)c1ccccc1. The monoisotopic (exact) mass is 417 g/mol. The molecule has 1 amide bonds. The molecule has 0 bridgehead atoms. The maximum Gasteiger partial charge on any atom is 0.237 e. The minimum absolute atomic E-state index is 0.0633. The first kappa shape index (κ1) is 21.2. The summed E-state index contributed by atoms with van der Waals surface area (Å²) in [5.74, 6) is 1.03. The van der Waals surface area contributed by atoms with Crippen molar-refractivity contribution in [3.05, 3.63) is 66.4 Å². The molecular formula is C25H31N5O. The van der Waals surface area contributed by atoms with Gasteiger partial charge in [-0.3, -0.25) is 9.69 Å². The summed E-state index contributed by atoms with van der Waals surface area (Å²) < 4.78 is 0. The van der Waals surface area contributed by atoms with Gasteiger partial charge < -0.3 is 10.2 Å². The first-order chi connectivity index (χ1) is 15.2. The molecule has 2 aromatic carbocycles. The van der Waals surface area contributed by atoms with E-state index in [0.29, 0.717) is 0 Å². The number of anilines is 1. The Morgan fingerprint density at radius 3 is 2.48 bits per heavy atom. The minimum atomic E-state index is -0.163. The van der Waals surface area contributed by atoms with Gasteiger partial charge in [0.15, 0.2) is 5.82 Å². The van der Waals surface area contributed by atoms with Crippen LogP contribution in [0.2, 0.25) is 0 Å². The summed E-state index contributed by atoms with van der Waals surface area (Å²) in [4.78, 5) is 17.6. The molecule has 6 heteroatoms. The van der Waals surface area contributed by atoms with Crippen molar-refractivity contribution in [1.82, 2.24) is 20.4 Å². The lowest BCUT2D eigenvalue weighted by Gasteiger charge is -2.38. The summed E-state index contributed by atoms with van der Waals surface area (Å²) in [5.41, 5.74) is 1.17. The van der Waals surface area contributed by atoms with Crippen LogP contribution in [0.4, 0.5) is 5.82 Å². The number of hydrogen-bond acceptors (Lipinski definition) is 5. The Hall–Kier alpha value is -2.99. The van der Waals surface area contributed by atoms with Crippen molar-refractivity contribution in [1.29, 1.82) is 0 Å². The van der Waals surface area contributed by atoms with Crippen LogP contribution in [0.3, 0.4) is 0 Å². The molecule has 6 nitrogen and oxygen atoms in total. The second-order valence-corrected chi connectivity index (χ2v) is 8.21. The largest absolute Gasteiger partial charge is 0.352 e. The number of aromatic nitrogens is 2. The number of hydrogen-bond donors (Lipinski definition) is 1. The van der Waals surface area contributed by atoms with E-state index in [9.17, 15) is 4.79 Å². The topological polar surface area (TPSA) is 61.4 Å². The third-order valence-electron chi connectivity index (χ3n) is 6.19. The normalized spacial score (nSPS) is 16.8. The third-order valence-corrected chi connectivity index (χ3v) is 6.19. The van der Waals surface area contributed by atoms with Crippen LogP contribution >= 0.6 is 0 Å². The number of carbonyl (C=O) groups is 1. The van der Waals surface area contributed by atoms with Gasteiger partial charge in [0.2, 0.25) is 5.91 Å². The third kappa shape index (κ3) is 4.85. The number of rotatable bonds is 7. The molecule has 1 fully saturated rings. The summed E-state index contributed by atoms with van der Waals surface area (Å²) in [5, 5.41) is 14.1. The van der Waals surface area contributed by atoms with E-state index >= 15 is 0 Å². The van der Waals surface area contributed by atoms with Crippen LogP contribution in [-0.2, 0) is 4.79 Å². The predicted molar refractivity (Wildman–Crippen MR) is 125 cm³/mol. The Balaban J connectivity index is 1.38. The molecule has 1 aromatic heterocycles. The Morgan fingerprint density at radius 1 is 1.03 bits per heavy atom. The molecule has 4 rings (SSSR count). The van der Waals surface area contributed by atoms with Gasteiger partial charge >= 0.3 is 0 Å². The van der Waals surface area contributed by atoms with Gasteiger partial charge in [-0.25, -0.2) is 0 Å². The summed E-state index contributed by atoms with van der Waals surface area (Å²) in [7, 11) is 0. The first-order valence-electron chi connectivity index (χ1n) is 11.2. The number of fused-ring (bicyclic) bond motifs is 1. The molecule has 1 aliphatic rings. The highest BCUT2D eigenvalue weighted by molar-refractivity contribution is 5.91. The zero-order chi connectivity index (χ0) is 21.6. The van der Waals surface area contributed by atoms with E-state index in [1.54, 1.807) is 6.20 Å². The highest BCUT2D eigenvalue weighted by Gasteiger charge is 2.28. The van der Waals surface area contributed by atoms with E-state index in [-0.39, 0.29) is 18.0 Å². The highest BCUT2D eigenvalue weighted by atomic mass is 16.2. The van der Waals surface area contributed by atoms with E-state index in [2.05, 4.69) is 56.5 Å². The molecule has 1 N–H and O–H groups in total. The van der Waals surface area contributed by atoms with Gasteiger partial charge in [0.05, 0.1) is 18.3 Å². The average Bonchev–Trinajstić information content (AvgIpc) is 2.83. The fraction of sp³-hybridized carbons (Fsp3) is 0.400. The Morgan fingerprint density at radius 2 is 1.74 bits per heavy atom. The van der Waals surface area contributed by atoms with Gasteiger partial charge in [-0.2, -0.15) is 5.10 Å². The van der Waals surface area contributed by atoms with Crippen LogP contribution < -0.4 is 10.2 Å². The zero-order valence-electron chi connectivity index (χ0n) is 18.4. The average molecular weight is 418 g/mol. The summed E-state index contributed by atoms with van der Waals surface area (Å²) in [6.07, 6.45) is 3.77. The van der Waals surface area contributed by atoms with Crippen molar-refractivity contribution >= 4 is 22.5 Å². The number of nitrogens with zero attached hydrogens (tertiary/aromatic N) is 4. The van der Waals surface area contributed by atoms with Crippen molar-refractivity contribution in [2.24, 2.45) is 0 Å². The quantitative estimate of drug-likeness (QED) is 0.634. The first-order valence-corrected chi connectivity index (χ1v) is 11.2. The molecular weight excluding hydrogens is 386 g/mol. The summed E-state index contributed by atoms with van der Waals surface area (Å²) in [6.45, 7) is 7.47. The van der Waals surface area contributed by atoms with Gasteiger partial charge in [-0.1, -0.05) is 67.9 Å². The second-order valence-electron chi connectivity index (χ2n) is 8.21. The van der Waals surface area contributed by atoms with Crippen LogP contribution in [-0.4, -0.2) is 53.2 Å². The van der Waals surface area contributed by atoms with Crippen molar-refractivity contribution in [3.8, 4) is 0 Å². The molecule has 0 aliphatic carbocycles. The Kier molecular flexibility index (Phi) is 6.77. The molecule has 2 heterocycles. The molecule has 3 aromatic rings. The van der Waals surface area contributed by atoms with Gasteiger partial charge in [0.25, 0.3) is 0 Å². The van der Waals surface area contributed by atoms with Crippen molar-refractivity contribution in [2.75, 3.05) is 31.1 Å². The molecule has 0 unspecified atom stereocenters. The Labute approximate surface area is 184 Å². The summed E-state index contributed by atoms with van der Waals surface area (Å²) >= 11 is 0. The van der Waals surface area contributed by atoms with Crippen molar-refractivity contribution in [2.45, 2.75) is 38.8 Å². The van der Waals surface area contributed by atoms with Crippen molar-refractivity contribution < 1.29 is 4.79 Å². The molecule has 2 atom stereocenters. The van der Waals surface area contributed by atoms with E-state index in [1.165, 1.54) is 5.56 Å². The lowest BCUT2D eigenvalue weighted by atomic mass is 10.0. The molecule has 0 saturated carbocycles. The van der Waals surface area contributed by atoms with Crippen LogP contribution in [0.15, 0.2) is 60.8 Å². The molecule has 162 valence electrons. The van der Waals surface area contributed by atoms with E-state index < -0.39 is 0 Å². The smallest absolute Gasteiger partial charge is 0.237 e.